The van der Waals surface area contributed by atoms with E-state index in [0.29, 0.717) is 0 Å². The molecule has 0 bridgehead atoms. The van der Waals surface area contributed by atoms with Crippen molar-refractivity contribution in [2.24, 2.45) is 4.99 Å². The highest BCUT2D eigenvalue weighted by molar-refractivity contribution is 6.28. The summed E-state index contributed by atoms with van der Waals surface area (Å²) >= 11 is 5.22. The van der Waals surface area contributed by atoms with E-state index in [1.807, 2.05) is 17.4 Å². The number of halogens is 1. The van der Waals surface area contributed by atoms with E-state index in [2.05, 4.69) is 11.6 Å². The van der Waals surface area contributed by atoms with E-state index in [4.69, 9.17) is 11.6 Å². The Morgan fingerprint density at radius 1 is 1.29 bits per heavy atom. The van der Waals surface area contributed by atoms with E-state index < -0.39 is 11.9 Å². The van der Waals surface area contributed by atoms with E-state index in [9.17, 15) is 9.59 Å². The number of rotatable bonds is 3. The normalized spacial score (nSPS) is 10.2. The Bertz CT molecular complexity index is 452. The number of benzene rings is 1. The Morgan fingerprint density at radius 2 is 1.88 bits per heavy atom. The number of nitrogens with one attached hydrogen (secondary N) is 1. The van der Waals surface area contributed by atoms with Crippen LogP contribution >= 0.6 is 11.6 Å². The van der Waals surface area contributed by atoms with Gasteiger partial charge in [-0.1, -0.05) is 36.9 Å². The molecule has 0 heterocycles. The lowest BCUT2D eigenvalue weighted by Crippen LogP contribution is -2.28. The number of aliphatic imine (C=N–C) groups is 1. The van der Waals surface area contributed by atoms with Crippen LogP contribution in [0.2, 0.25) is 0 Å². The van der Waals surface area contributed by atoms with Crippen molar-refractivity contribution in [3.05, 3.63) is 42.0 Å². The van der Waals surface area contributed by atoms with Gasteiger partial charge >= 0.3 is 6.03 Å². The van der Waals surface area contributed by atoms with E-state index in [1.165, 1.54) is 6.21 Å². The summed E-state index contributed by atoms with van der Waals surface area (Å²) in [6.45, 7) is 3.63. The SMILES string of the molecule is C=Cc1ccc(/C=N/C(=O)NC(=O)CCl)cc1. The lowest BCUT2D eigenvalue weighted by atomic mass is 10.1. The van der Waals surface area contributed by atoms with Gasteiger partial charge in [-0.05, 0) is 11.1 Å². The summed E-state index contributed by atoms with van der Waals surface area (Å²) in [6, 6.07) is 6.53. The van der Waals surface area contributed by atoms with Crippen molar-refractivity contribution in [2.45, 2.75) is 0 Å². The molecule has 0 aliphatic heterocycles. The van der Waals surface area contributed by atoms with Gasteiger partial charge in [-0.2, -0.15) is 0 Å². The molecule has 0 unspecified atom stereocenters. The Hall–Kier alpha value is -1.94. The highest BCUT2D eigenvalue weighted by Gasteiger charge is 2.02. The topological polar surface area (TPSA) is 58.5 Å². The van der Waals surface area contributed by atoms with Gasteiger partial charge in [0.25, 0.3) is 0 Å². The van der Waals surface area contributed by atoms with Gasteiger partial charge in [0.15, 0.2) is 0 Å². The lowest BCUT2D eigenvalue weighted by Gasteiger charge is -1.96. The first-order chi connectivity index (χ1) is 8.15. The average molecular weight is 251 g/mol. The number of carbonyl (C=O) groups excluding carboxylic acids is 2. The molecule has 1 rings (SSSR count). The fourth-order valence-electron chi connectivity index (χ4n) is 1.04. The molecule has 4 nitrogen and oxygen atoms in total. The maximum Gasteiger partial charge on any atom is 0.347 e. The van der Waals surface area contributed by atoms with Gasteiger partial charge in [-0.15, -0.1) is 11.6 Å². The number of hydrogen-bond acceptors (Lipinski definition) is 2. The number of nitrogens with zero attached hydrogens (tertiary/aromatic N) is 1. The molecule has 1 N–H and O–H groups in total. The molecule has 0 saturated heterocycles. The fourth-order valence-corrected chi connectivity index (χ4v) is 1.10. The summed E-state index contributed by atoms with van der Waals surface area (Å²) in [4.78, 5) is 25.4. The highest BCUT2D eigenvalue weighted by atomic mass is 35.5. The van der Waals surface area contributed by atoms with Crippen LogP contribution in [0.3, 0.4) is 0 Å². The number of hydrogen-bond donors (Lipinski definition) is 1. The molecule has 3 amide bonds. The monoisotopic (exact) mass is 250 g/mol. The van der Waals surface area contributed by atoms with Crippen LogP contribution in [0.15, 0.2) is 35.8 Å². The molecule has 0 saturated carbocycles. The van der Waals surface area contributed by atoms with E-state index in [-0.39, 0.29) is 5.88 Å². The van der Waals surface area contributed by atoms with Crippen molar-refractivity contribution in [3.63, 3.8) is 0 Å². The smallest absolute Gasteiger partial charge is 0.275 e. The van der Waals surface area contributed by atoms with Crippen molar-refractivity contribution < 1.29 is 9.59 Å². The standard InChI is InChI=1S/C12H11ClN2O2/c1-2-9-3-5-10(6-4-9)8-14-12(17)15-11(16)7-13/h2-6,8H,1,7H2,(H,15,16,17)/b14-8+. The first-order valence-electron chi connectivity index (χ1n) is 4.82. The molecule has 5 heteroatoms. The minimum Gasteiger partial charge on any atom is -0.275 e. The predicted molar refractivity (Wildman–Crippen MR) is 68.4 cm³/mol. The Kier molecular flexibility index (Phi) is 5.10. The lowest BCUT2D eigenvalue weighted by molar-refractivity contribution is -0.117. The van der Waals surface area contributed by atoms with Gasteiger partial charge < -0.3 is 0 Å². The maximum absolute atomic E-state index is 11.1. The van der Waals surface area contributed by atoms with E-state index in [1.54, 1.807) is 18.2 Å². The largest absolute Gasteiger partial charge is 0.347 e. The van der Waals surface area contributed by atoms with Crippen LogP contribution in [-0.2, 0) is 4.79 Å². The number of imide groups is 1. The van der Waals surface area contributed by atoms with Gasteiger partial charge in [-0.3, -0.25) is 10.1 Å². The Balaban J connectivity index is 2.60. The van der Waals surface area contributed by atoms with Crippen LogP contribution < -0.4 is 5.32 Å². The number of carbonyl (C=O) groups is 2. The zero-order valence-electron chi connectivity index (χ0n) is 9.02. The van der Waals surface area contributed by atoms with Crippen LogP contribution in [0, 0.1) is 0 Å². The molecule has 0 fully saturated rings. The highest BCUT2D eigenvalue weighted by Crippen LogP contribution is 2.03. The molecule has 1 aromatic rings. The zero-order chi connectivity index (χ0) is 12.7. The van der Waals surface area contributed by atoms with Gasteiger partial charge in [0.1, 0.15) is 5.88 Å². The summed E-state index contributed by atoms with van der Waals surface area (Å²) in [5.41, 5.74) is 1.73. The summed E-state index contributed by atoms with van der Waals surface area (Å²) in [7, 11) is 0. The summed E-state index contributed by atoms with van der Waals surface area (Å²) in [5.74, 6) is -0.842. The van der Waals surface area contributed by atoms with Crippen molar-refractivity contribution >= 4 is 35.8 Å². The average Bonchev–Trinajstić information content (AvgIpc) is 2.36. The van der Waals surface area contributed by atoms with E-state index in [0.717, 1.165) is 11.1 Å². The fraction of sp³-hybridized carbons (Fsp3) is 0.0833. The molecular weight excluding hydrogens is 240 g/mol. The van der Waals surface area contributed by atoms with Crippen LogP contribution in [0.5, 0.6) is 0 Å². The van der Waals surface area contributed by atoms with Crippen molar-refractivity contribution in [3.8, 4) is 0 Å². The summed E-state index contributed by atoms with van der Waals surface area (Å²) in [6.07, 6.45) is 3.08. The Morgan fingerprint density at radius 3 is 2.41 bits per heavy atom. The van der Waals surface area contributed by atoms with Crippen LogP contribution in [0.25, 0.3) is 6.08 Å². The molecular formula is C12H11ClN2O2. The first kappa shape index (κ1) is 13.1. The van der Waals surface area contributed by atoms with Gasteiger partial charge in [0, 0.05) is 6.21 Å². The van der Waals surface area contributed by atoms with Gasteiger partial charge in [-0.25, -0.2) is 9.79 Å². The number of amides is 3. The van der Waals surface area contributed by atoms with Crippen molar-refractivity contribution in [1.29, 1.82) is 0 Å². The van der Waals surface area contributed by atoms with Gasteiger partial charge in [0.2, 0.25) is 5.91 Å². The number of alkyl halides is 1. The molecule has 0 aliphatic rings. The van der Waals surface area contributed by atoms with Crippen LogP contribution in [-0.4, -0.2) is 24.0 Å². The van der Waals surface area contributed by atoms with E-state index >= 15 is 0 Å². The van der Waals surface area contributed by atoms with Gasteiger partial charge in [0.05, 0.1) is 0 Å². The molecule has 0 radical (unpaired) electrons. The van der Waals surface area contributed by atoms with Crippen molar-refractivity contribution in [2.75, 3.05) is 5.88 Å². The molecule has 88 valence electrons. The first-order valence-corrected chi connectivity index (χ1v) is 5.35. The summed E-state index contributed by atoms with van der Waals surface area (Å²) < 4.78 is 0. The quantitative estimate of drug-likeness (QED) is 0.661. The molecule has 17 heavy (non-hydrogen) atoms. The minimum absolute atomic E-state index is 0.269. The number of urea groups is 1. The van der Waals surface area contributed by atoms with Crippen LogP contribution in [0.4, 0.5) is 4.79 Å². The molecule has 0 aromatic heterocycles. The molecule has 0 spiro atoms. The maximum atomic E-state index is 11.1. The van der Waals surface area contributed by atoms with Crippen LogP contribution in [0.1, 0.15) is 11.1 Å². The zero-order valence-corrected chi connectivity index (χ0v) is 9.78. The third-order valence-corrected chi connectivity index (χ3v) is 2.11. The predicted octanol–water partition coefficient (Wildman–Crippen LogP) is 2.22. The third-order valence-electron chi connectivity index (χ3n) is 1.87. The summed E-state index contributed by atoms with van der Waals surface area (Å²) in [5, 5.41) is 2.00. The van der Waals surface area contributed by atoms with Crippen molar-refractivity contribution in [1.82, 2.24) is 5.32 Å². The molecule has 1 aromatic carbocycles. The molecule has 0 atom stereocenters. The molecule has 0 aliphatic carbocycles. The Labute approximate surface area is 104 Å². The second kappa shape index (κ2) is 6.60. The minimum atomic E-state index is -0.733. The second-order valence-corrected chi connectivity index (χ2v) is 3.38. The third kappa shape index (κ3) is 4.61. The second-order valence-electron chi connectivity index (χ2n) is 3.12.